The molecular formula is C16H19BrF2N6O3. The van der Waals surface area contributed by atoms with Crippen LogP contribution in [0.5, 0.6) is 0 Å². The van der Waals surface area contributed by atoms with E-state index in [9.17, 15) is 18.4 Å². The highest BCUT2D eigenvalue weighted by molar-refractivity contribution is 9.10. The summed E-state index contributed by atoms with van der Waals surface area (Å²) in [5.41, 5.74) is -1.36. The van der Waals surface area contributed by atoms with Crippen molar-refractivity contribution < 1.29 is 18.3 Å². The van der Waals surface area contributed by atoms with Gasteiger partial charge in [-0.15, -0.1) is 4.68 Å². The summed E-state index contributed by atoms with van der Waals surface area (Å²) in [6, 6.07) is 3.41. The Bertz CT molecular complexity index is 960. The zero-order chi connectivity index (χ0) is 21.1. The van der Waals surface area contributed by atoms with Crippen molar-refractivity contribution in [2.45, 2.75) is 39.8 Å². The van der Waals surface area contributed by atoms with E-state index in [4.69, 9.17) is 4.74 Å². The molecular weight excluding hydrogens is 442 g/mol. The minimum absolute atomic E-state index is 0.226. The molecule has 0 saturated heterocycles. The summed E-state index contributed by atoms with van der Waals surface area (Å²) in [6.45, 7) is 5.60. The van der Waals surface area contributed by atoms with Gasteiger partial charge in [0.05, 0.1) is 6.54 Å². The van der Waals surface area contributed by atoms with Gasteiger partial charge in [0, 0.05) is 12.1 Å². The summed E-state index contributed by atoms with van der Waals surface area (Å²) in [6.07, 6.45) is -2.88. The number of nitrogens with one attached hydrogen (secondary N) is 1. The number of aromatic nitrogens is 5. The van der Waals surface area contributed by atoms with Crippen LogP contribution in [-0.4, -0.2) is 43.0 Å². The van der Waals surface area contributed by atoms with Crippen molar-refractivity contribution in [3.63, 3.8) is 0 Å². The number of ether oxygens (including phenoxy) is 1. The fraction of sp³-hybridized carbons (Fsp3) is 0.438. The normalized spacial score (nSPS) is 11.2. The number of tetrazole rings is 1. The van der Waals surface area contributed by atoms with Crippen LogP contribution in [0.25, 0.3) is 5.82 Å². The monoisotopic (exact) mass is 460 g/mol. The molecule has 0 atom stereocenters. The third kappa shape index (κ3) is 5.68. The average Bonchev–Trinajstić information content (AvgIpc) is 2.92. The van der Waals surface area contributed by atoms with Crippen LogP contribution in [0.3, 0.4) is 0 Å². The number of pyridine rings is 1. The van der Waals surface area contributed by atoms with E-state index >= 15 is 0 Å². The summed E-state index contributed by atoms with van der Waals surface area (Å²) in [7, 11) is 0. The largest absolute Gasteiger partial charge is 0.444 e. The van der Waals surface area contributed by atoms with Gasteiger partial charge in [0.25, 0.3) is 6.08 Å². The molecule has 0 bridgehead atoms. The number of nitrogens with zero attached hydrogens (tertiary/aromatic N) is 5. The standard InChI is InChI=1S/C16H19BrF2N6O3/c1-9-5-6-11(17)21-13(9)25-15(27)24(22-23-25)8-10(12(18)19)7-20-14(26)28-16(2,3)4/h5-6H,7-8H2,1-4H3,(H,20,26). The molecule has 2 rings (SSSR count). The molecule has 0 unspecified atom stereocenters. The molecule has 0 aromatic carbocycles. The van der Waals surface area contributed by atoms with E-state index in [1.54, 1.807) is 39.8 Å². The lowest BCUT2D eigenvalue weighted by Crippen LogP contribution is -2.35. The lowest BCUT2D eigenvalue weighted by Gasteiger charge is -2.19. The Morgan fingerprint density at radius 1 is 1.29 bits per heavy atom. The number of carbonyl (C=O) groups excluding carboxylic acids is 1. The zero-order valence-corrected chi connectivity index (χ0v) is 17.2. The third-order valence-corrected chi connectivity index (χ3v) is 3.77. The number of aryl methyl sites for hydroxylation is 1. The number of alkyl carbamates (subject to hydrolysis) is 1. The van der Waals surface area contributed by atoms with E-state index in [0.717, 1.165) is 9.36 Å². The van der Waals surface area contributed by atoms with Gasteiger partial charge in [-0.1, -0.05) is 6.07 Å². The van der Waals surface area contributed by atoms with E-state index in [2.05, 4.69) is 36.7 Å². The fourth-order valence-electron chi connectivity index (χ4n) is 2.07. The van der Waals surface area contributed by atoms with E-state index in [1.807, 2.05) is 0 Å². The van der Waals surface area contributed by atoms with E-state index in [0.29, 0.717) is 10.2 Å². The maximum atomic E-state index is 13.3. The topological polar surface area (TPSA) is 104 Å². The molecule has 1 N–H and O–H groups in total. The van der Waals surface area contributed by atoms with Gasteiger partial charge in [0.15, 0.2) is 5.82 Å². The van der Waals surface area contributed by atoms with Gasteiger partial charge in [0.2, 0.25) is 0 Å². The quantitative estimate of drug-likeness (QED) is 0.687. The molecule has 0 aliphatic rings. The summed E-state index contributed by atoms with van der Waals surface area (Å²) in [4.78, 5) is 28.3. The maximum absolute atomic E-state index is 13.3. The molecule has 28 heavy (non-hydrogen) atoms. The number of halogens is 3. The molecule has 0 radical (unpaired) electrons. The first-order valence-electron chi connectivity index (χ1n) is 8.14. The Balaban J connectivity index is 2.18. The Hall–Kier alpha value is -2.63. The Kier molecular flexibility index (Phi) is 6.65. The number of rotatable bonds is 5. The van der Waals surface area contributed by atoms with Crippen LogP contribution in [0, 0.1) is 6.92 Å². The SMILES string of the molecule is Cc1ccc(Br)nc1-n1nnn(CC(CNC(=O)OC(C)(C)C)=C(F)F)c1=O. The lowest BCUT2D eigenvalue weighted by molar-refractivity contribution is 0.0531. The van der Waals surface area contributed by atoms with Crippen LogP contribution in [0.2, 0.25) is 0 Å². The summed E-state index contributed by atoms with van der Waals surface area (Å²) < 4.78 is 33.6. The van der Waals surface area contributed by atoms with Gasteiger partial charge in [-0.2, -0.15) is 13.5 Å². The fourth-order valence-corrected chi connectivity index (χ4v) is 2.37. The van der Waals surface area contributed by atoms with Crippen molar-refractivity contribution in [2.24, 2.45) is 0 Å². The molecule has 9 nitrogen and oxygen atoms in total. The molecule has 2 heterocycles. The maximum Gasteiger partial charge on any atom is 0.407 e. The molecule has 0 aliphatic heterocycles. The number of amides is 1. The average molecular weight is 461 g/mol. The Morgan fingerprint density at radius 3 is 2.57 bits per heavy atom. The second-order valence-electron chi connectivity index (χ2n) is 6.82. The predicted molar refractivity (Wildman–Crippen MR) is 99.3 cm³/mol. The first-order chi connectivity index (χ1) is 13.0. The third-order valence-electron chi connectivity index (χ3n) is 3.33. The molecule has 0 spiro atoms. The second kappa shape index (κ2) is 8.59. The molecule has 0 aliphatic carbocycles. The second-order valence-corrected chi connectivity index (χ2v) is 7.64. The van der Waals surface area contributed by atoms with Gasteiger partial charge in [0.1, 0.15) is 10.2 Å². The van der Waals surface area contributed by atoms with Crippen molar-refractivity contribution in [2.75, 3.05) is 6.54 Å². The molecule has 152 valence electrons. The van der Waals surface area contributed by atoms with Crippen molar-refractivity contribution in [1.29, 1.82) is 0 Å². The van der Waals surface area contributed by atoms with Gasteiger partial charge in [-0.3, -0.25) is 0 Å². The van der Waals surface area contributed by atoms with Crippen LogP contribution in [0.1, 0.15) is 26.3 Å². The summed E-state index contributed by atoms with van der Waals surface area (Å²) in [5, 5.41) is 9.55. The predicted octanol–water partition coefficient (Wildman–Crippen LogP) is 2.57. The van der Waals surface area contributed by atoms with E-state index < -0.39 is 42.1 Å². The van der Waals surface area contributed by atoms with Crippen LogP contribution in [-0.2, 0) is 11.3 Å². The van der Waals surface area contributed by atoms with Gasteiger partial charge >= 0.3 is 11.8 Å². The van der Waals surface area contributed by atoms with E-state index in [-0.39, 0.29) is 5.82 Å². The highest BCUT2D eigenvalue weighted by Gasteiger charge is 2.19. The summed E-state index contributed by atoms with van der Waals surface area (Å²) in [5.74, 6) is 0.226. The molecule has 1 amide bonds. The highest BCUT2D eigenvalue weighted by atomic mass is 79.9. The smallest absolute Gasteiger partial charge is 0.407 e. The van der Waals surface area contributed by atoms with Gasteiger partial charge in [-0.05, 0) is 65.7 Å². The molecule has 0 saturated carbocycles. The van der Waals surface area contributed by atoms with Crippen molar-refractivity contribution in [3.8, 4) is 5.82 Å². The van der Waals surface area contributed by atoms with Crippen LogP contribution in [0.4, 0.5) is 13.6 Å². The van der Waals surface area contributed by atoms with Crippen molar-refractivity contribution in [1.82, 2.24) is 30.1 Å². The zero-order valence-electron chi connectivity index (χ0n) is 15.7. The van der Waals surface area contributed by atoms with Crippen molar-refractivity contribution in [3.05, 3.63) is 44.4 Å². The minimum atomic E-state index is -2.03. The Labute approximate surface area is 167 Å². The van der Waals surface area contributed by atoms with Gasteiger partial charge < -0.3 is 10.1 Å². The molecule has 0 fully saturated rings. The Morgan fingerprint density at radius 2 is 1.96 bits per heavy atom. The summed E-state index contributed by atoms with van der Waals surface area (Å²) >= 11 is 3.20. The number of carbonyl (C=O) groups is 1. The number of hydrogen-bond acceptors (Lipinski definition) is 6. The minimum Gasteiger partial charge on any atom is -0.444 e. The molecule has 12 heteroatoms. The molecule has 2 aromatic heterocycles. The van der Waals surface area contributed by atoms with Gasteiger partial charge in [-0.25, -0.2) is 14.6 Å². The highest BCUT2D eigenvalue weighted by Crippen LogP contribution is 2.14. The number of hydrogen-bond donors (Lipinski definition) is 1. The van der Waals surface area contributed by atoms with Crippen LogP contribution < -0.4 is 11.0 Å². The molecule has 2 aromatic rings. The first kappa shape index (κ1) is 21.7. The lowest BCUT2D eigenvalue weighted by atomic mass is 10.2. The van der Waals surface area contributed by atoms with Crippen LogP contribution in [0.15, 0.2) is 33.2 Å². The van der Waals surface area contributed by atoms with E-state index in [1.165, 1.54) is 0 Å². The van der Waals surface area contributed by atoms with Crippen LogP contribution >= 0.6 is 15.9 Å². The van der Waals surface area contributed by atoms with Crippen molar-refractivity contribution >= 4 is 22.0 Å². The first-order valence-corrected chi connectivity index (χ1v) is 8.93.